The number of rotatable bonds is 4. The van der Waals surface area contributed by atoms with E-state index in [-0.39, 0.29) is 24.3 Å². The molecule has 0 radical (unpaired) electrons. The molecule has 1 amide bonds. The molecule has 0 aliphatic heterocycles. The number of benzene rings is 1. The molecule has 0 saturated carbocycles. The van der Waals surface area contributed by atoms with Crippen LogP contribution in [-0.4, -0.2) is 43.3 Å². The number of esters is 1. The lowest BCUT2D eigenvalue weighted by molar-refractivity contribution is -0.135. The zero-order valence-electron chi connectivity index (χ0n) is 15.6. The third-order valence-corrected chi connectivity index (χ3v) is 3.72. The molecule has 1 aromatic rings. The van der Waals surface area contributed by atoms with E-state index in [9.17, 15) is 9.59 Å². The molecular formula is C18H27N3O3. The van der Waals surface area contributed by atoms with Crippen LogP contribution in [0.5, 0.6) is 0 Å². The van der Waals surface area contributed by atoms with Crippen molar-refractivity contribution in [2.45, 2.75) is 40.5 Å². The lowest BCUT2D eigenvalue weighted by Gasteiger charge is -2.18. The van der Waals surface area contributed by atoms with Gasteiger partial charge in [-0.15, -0.1) is 5.10 Å². The van der Waals surface area contributed by atoms with Crippen LogP contribution in [0.15, 0.2) is 17.2 Å². The summed E-state index contributed by atoms with van der Waals surface area (Å²) in [5.41, 5.74) is 6.76. The SMILES string of the molecule is CCOC(=O)C(=NNC(=O)C(C)c1c(C)cc(C)cc1C)N(C)C. The smallest absolute Gasteiger partial charge is 0.375 e. The summed E-state index contributed by atoms with van der Waals surface area (Å²) in [5.74, 6) is -1.17. The van der Waals surface area contributed by atoms with Crippen molar-refractivity contribution in [2.75, 3.05) is 20.7 Å². The number of nitrogens with one attached hydrogen (secondary N) is 1. The maximum atomic E-state index is 12.5. The normalized spacial score (nSPS) is 12.5. The fraction of sp³-hybridized carbons (Fsp3) is 0.500. The molecule has 0 aliphatic carbocycles. The van der Waals surface area contributed by atoms with Crippen LogP contribution in [0.3, 0.4) is 0 Å². The predicted octanol–water partition coefficient (Wildman–Crippen LogP) is 2.27. The van der Waals surface area contributed by atoms with Crippen molar-refractivity contribution in [1.82, 2.24) is 10.3 Å². The quantitative estimate of drug-likeness (QED) is 0.397. The summed E-state index contributed by atoms with van der Waals surface area (Å²) in [7, 11) is 3.33. The van der Waals surface area contributed by atoms with Crippen LogP contribution < -0.4 is 5.43 Å². The van der Waals surface area contributed by atoms with Crippen molar-refractivity contribution < 1.29 is 14.3 Å². The first-order chi connectivity index (χ1) is 11.2. The molecule has 132 valence electrons. The maximum Gasteiger partial charge on any atom is 0.375 e. The number of likely N-dealkylation sites (N-methyl/N-ethyl adjacent to an activating group) is 1. The molecule has 1 rings (SSSR count). The number of aryl methyl sites for hydroxylation is 3. The monoisotopic (exact) mass is 333 g/mol. The van der Waals surface area contributed by atoms with E-state index in [0.29, 0.717) is 0 Å². The molecule has 1 aromatic carbocycles. The van der Waals surface area contributed by atoms with Crippen LogP contribution in [-0.2, 0) is 14.3 Å². The molecule has 0 saturated heterocycles. The topological polar surface area (TPSA) is 71.0 Å². The van der Waals surface area contributed by atoms with E-state index in [1.165, 1.54) is 4.90 Å². The van der Waals surface area contributed by atoms with Crippen molar-refractivity contribution in [2.24, 2.45) is 5.10 Å². The first kappa shape index (κ1) is 19.7. The Morgan fingerprint density at radius 1 is 1.21 bits per heavy atom. The summed E-state index contributed by atoms with van der Waals surface area (Å²) < 4.78 is 4.93. The van der Waals surface area contributed by atoms with Crippen molar-refractivity contribution >= 4 is 17.7 Å². The van der Waals surface area contributed by atoms with E-state index in [1.807, 2.05) is 27.7 Å². The summed E-state index contributed by atoms with van der Waals surface area (Å²) in [4.78, 5) is 25.8. The van der Waals surface area contributed by atoms with E-state index in [1.54, 1.807) is 21.0 Å². The van der Waals surface area contributed by atoms with Gasteiger partial charge in [-0.2, -0.15) is 0 Å². The van der Waals surface area contributed by atoms with Gasteiger partial charge in [-0.05, 0) is 51.3 Å². The molecule has 1 N–H and O–H groups in total. The van der Waals surface area contributed by atoms with E-state index in [0.717, 1.165) is 22.3 Å². The standard InChI is InChI=1S/C18H27N3O3/c1-8-24-18(23)16(21(6)7)19-20-17(22)14(5)15-12(3)9-11(2)10-13(15)4/h9-10,14H,8H2,1-7H3,(H,20,22). The van der Waals surface area contributed by atoms with Crippen molar-refractivity contribution in [3.8, 4) is 0 Å². The highest BCUT2D eigenvalue weighted by Crippen LogP contribution is 2.25. The minimum absolute atomic E-state index is 0.0507. The van der Waals surface area contributed by atoms with E-state index < -0.39 is 5.97 Å². The minimum Gasteiger partial charge on any atom is -0.460 e. The van der Waals surface area contributed by atoms with Crippen molar-refractivity contribution in [1.29, 1.82) is 0 Å². The Kier molecular flexibility index (Phi) is 6.95. The Morgan fingerprint density at radius 3 is 2.21 bits per heavy atom. The molecule has 0 heterocycles. The number of nitrogens with zero attached hydrogens (tertiary/aromatic N) is 2. The van der Waals surface area contributed by atoms with E-state index >= 15 is 0 Å². The highest BCUT2D eigenvalue weighted by Gasteiger charge is 2.21. The Hall–Kier alpha value is -2.37. The summed E-state index contributed by atoms with van der Waals surface area (Å²) in [5, 5.41) is 3.93. The van der Waals surface area contributed by atoms with Crippen LogP contribution in [0.1, 0.15) is 42.0 Å². The van der Waals surface area contributed by atoms with Gasteiger partial charge in [-0.1, -0.05) is 17.7 Å². The van der Waals surface area contributed by atoms with Gasteiger partial charge in [0.05, 0.1) is 12.5 Å². The highest BCUT2D eigenvalue weighted by molar-refractivity contribution is 6.35. The van der Waals surface area contributed by atoms with E-state index in [4.69, 9.17) is 4.74 Å². The number of hydrogen-bond acceptors (Lipinski definition) is 4. The highest BCUT2D eigenvalue weighted by atomic mass is 16.5. The molecule has 1 unspecified atom stereocenters. The van der Waals surface area contributed by atoms with E-state index in [2.05, 4.69) is 22.7 Å². The Labute approximate surface area is 143 Å². The first-order valence-corrected chi connectivity index (χ1v) is 7.98. The third-order valence-electron chi connectivity index (χ3n) is 3.72. The van der Waals surface area contributed by atoms with Crippen LogP contribution in [0.4, 0.5) is 0 Å². The number of amides is 1. The second-order valence-electron chi connectivity index (χ2n) is 6.06. The molecule has 1 atom stereocenters. The fourth-order valence-electron chi connectivity index (χ4n) is 2.73. The van der Waals surface area contributed by atoms with Crippen LogP contribution in [0.25, 0.3) is 0 Å². The van der Waals surface area contributed by atoms with Gasteiger partial charge in [0.25, 0.3) is 0 Å². The largest absolute Gasteiger partial charge is 0.460 e. The summed E-state index contributed by atoms with van der Waals surface area (Å²) in [6.07, 6.45) is 0. The van der Waals surface area contributed by atoms with Crippen LogP contribution >= 0.6 is 0 Å². The number of hydrazone groups is 1. The average Bonchev–Trinajstić information content (AvgIpc) is 2.45. The zero-order chi connectivity index (χ0) is 18.4. The molecule has 24 heavy (non-hydrogen) atoms. The number of carbonyl (C=O) groups excluding carboxylic acids is 2. The van der Waals surface area contributed by atoms with Gasteiger partial charge in [0.2, 0.25) is 11.7 Å². The first-order valence-electron chi connectivity index (χ1n) is 7.98. The van der Waals surface area contributed by atoms with Gasteiger partial charge >= 0.3 is 5.97 Å². The number of amidine groups is 1. The molecule has 0 bridgehead atoms. The molecule has 0 aliphatic rings. The Morgan fingerprint density at radius 2 is 1.75 bits per heavy atom. The number of hydrogen-bond donors (Lipinski definition) is 1. The van der Waals surface area contributed by atoms with Gasteiger partial charge in [0, 0.05) is 14.1 Å². The Balaban J connectivity index is 2.98. The summed E-state index contributed by atoms with van der Waals surface area (Å²) in [6.45, 7) is 9.81. The number of carbonyl (C=O) groups is 2. The van der Waals surface area contributed by atoms with Crippen molar-refractivity contribution in [3.63, 3.8) is 0 Å². The summed E-state index contributed by atoms with van der Waals surface area (Å²) in [6, 6.07) is 4.11. The van der Waals surface area contributed by atoms with Crippen LogP contribution in [0.2, 0.25) is 0 Å². The molecule has 6 heteroatoms. The lowest BCUT2D eigenvalue weighted by atomic mass is 9.90. The average molecular weight is 333 g/mol. The fourth-order valence-corrected chi connectivity index (χ4v) is 2.73. The lowest BCUT2D eigenvalue weighted by Crippen LogP contribution is -2.35. The maximum absolute atomic E-state index is 12.5. The third kappa shape index (κ3) is 4.81. The van der Waals surface area contributed by atoms with Gasteiger partial charge in [0.15, 0.2) is 0 Å². The molecule has 0 aromatic heterocycles. The number of ether oxygens (including phenoxy) is 1. The van der Waals surface area contributed by atoms with Crippen molar-refractivity contribution in [3.05, 3.63) is 34.4 Å². The molecule has 0 fully saturated rings. The molecular weight excluding hydrogens is 306 g/mol. The second-order valence-corrected chi connectivity index (χ2v) is 6.06. The molecule has 0 spiro atoms. The predicted molar refractivity (Wildman–Crippen MR) is 95.0 cm³/mol. The van der Waals surface area contributed by atoms with Crippen LogP contribution in [0, 0.1) is 20.8 Å². The summed E-state index contributed by atoms with van der Waals surface area (Å²) >= 11 is 0. The minimum atomic E-state index is -0.571. The second kappa shape index (κ2) is 8.47. The van der Waals surface area contributed by atoms with Gasteiger partial charge in [-0.3, -0.25) is 4.79 Å². The van der Waals surface area contributed by atoms with Gasteiger partial charge in [-0.25, -0.2) is 10.2 Å². The molecule has 6 nitrogen and oxygen atoms in total. The van der Waals surface area contributed by atoms with Gasteiger partial charge in [0.1, 0.15) is 0 Å². The van der Waals surface area contributed by atoms with Gasteiger partial charge < -0.3 is 9.64 Å². The zero-order valence-corrected chi connectivity index (χ0v) is 15.6. The Bertz CT molecular complexity index is 628.